The molecule has 0 atom stereocenters. The zero-order valence-electron chi connectivity index (χ0n) is 16.1. The Morgan fingerprint density at radius 1 is 1.14 bits per heavy atom. The van der Waals surface area contributed by atoms with E-state index in [9.17, 15) is 13.6 Å². The normalized spacial score (nSPS) is 14.6. The second-order valence-corrected chi connectivity index (χ2v) is 7.11. The lowest BCUT2D eigenvalue weighted by atomic mass is 10.1. The Morgan fingerprint density at radius 2 is 1.89 bits per heavy atom. The predicted molar refractivity (Wildman–Crippen MR) is 106 cm³/mol. The van der Waals surface area contributed by atoms with Gasteiger partial charge in [0.2, 0.25) is 5.91 Å². The van der Waals surface area contributed by atoms with Crippen LogP contribution in [0.2, 0.25) is 0 Å². The standard InChI is InChI=1S/C21H24F2N4O/c1-15(2)11-21(28)25-18-5-6-20(24-13-18)27-9-7-26(8-10-27)14-16-3-4-17(22)12-19(16)23/h3-6,11-13H,7-10,14H2,1-2H3,(H,25,28). The quantitative estimate of drug-likeness (QED) is 0.798. The first-order valence-electron chi connectivity index (χ1n) is 9.24. The van der Waals surface area contributed by atoms with Crippen LogP contribution in [-0.4, -0.2) is 42.0 Å². The van der Waals surface area contributed by atoms with Crippen LogP contribution in [0.25, 0.3) is 0 Å². The van der Waals surface area contributed by atoms with E-state index in [1.165, 1.54) is 18.2 Å². The molecule has 5 nitrogen and oxygen atoms in total. The van der Waals surface area contributed by atoms with E-state index in [1.807, 2.05) is 26.0 Å². The number of allylic oxidation sites excluding steroid dienone is 1. The van der Waals surface area contributed by atoms with E-state index in [2.05, 4.69) is 20.1 Å². The van der Waals surface area contributed by atoms with Gasteiger partial charge in [-0.1, -0.05) is 11.6 Å². The minimum atomic E-state index is -0.558. The summed E-state index contributed by atoms with van der Waals surface area (Å²) in [6, 6.07) is 7.43. The van der Waals surface area contributed by atoms with Crippen LogP contribution in [-0.2, 0) is 11.3 Å². The summed E-state index contributed by atoms with van der Waals surface area (Å²) in [5, 5.41) is 2.78. The largest absolute Gasteiger partial charge is 0.354 e. The Kier molecular flexibility index (Phi) is 6.36. The van der Waals surface area contributed by atoms with E-state index in [-0.39, 0.29) is 5.91 Å². The Morgan fingerprint density at radius 3 is 2.50 bits per heavy atom. The monoisotopic (exact) mass is 386 g/mol. The molecule has 1 aliphatic rings. The van der Waals surface area contributed by atoms with E-state index in [1.54, 1.807) is 6.20 Å². The maximum atomic E-state index is 13.8. The molecule has 3 rings (SSSR count). The van der Waals surface area contributed by atoms with Gasteiger partial charge in [0.05, 0.1) is 11.9 Å². The fourth-order valence-corrected chi connectivity index (χ4v) is 3.11. The predicted octanol–water partition coefficient (Wildman–Crippen LogP) is 3.59. The molecule has 1 aliphatic heterocycles. The molecule has 2 aromatic rings. The summed E-state index contributed by atoms with van der Waals surface area (Å²) in [5.74, 6) is -0.392. The molecule has 28 heavy (non-hydrogen) atoms. The molecule has 0 unspecified atom stereocenters. The highest BCUT2D eigenvalue weighted by Gasteiger charge is 2.19. The van der Waals surface area contributed by atoms with Crippen molar-refractivity contribution in [3.63, 3.8) is 0 Å². The molecule has 1 saturated heterocycles. The zero-order chi connectivity index (χ0) is 20.1. The second kappa shape index (κ2) is 8.93. The van der Waals surface area contributed by atoms with Crippen molar-refractivity contribution in [1.82, 2.24) is 9.88 Å². The topological polar surface area (TPSA) is 48.5 Å². The number of piperazine rings is 1. The summed E-state index contributed by atoms with van der Waals surface area (Å²) in [4.78, 5) is 20.5. The summed E-state index contributed by atoms with van der Waals surface area (Å²) < 4.78 is 26.9. The van der Waals surface area contributed by atoms with E-state index >= 15 is 0 Å². The number of amides is 1. The smallest absolute Gasteiger partial charge is 0.248 e. The Labute approximate surface area is 163 Å². The molecule has 1 aromatic carbocycles. The zero-order valence-corrected chi connectivity index (χ0v) is 16.1. The number of hydrogen-bond acceptors (Lipinski definition) is 4. The van der Waals surface area contributed by atoms with E-state index in [4.69, 9.17) is 0 Å². The molecule has 0 aliphatic carbocycles. The molecule has 0 bridgehead atoms. The van der Waals surface area contributed by atoms with Crippen LogP contribution in [0.3, 0.4) is 0 Å². The lowest BCUT2D eigenvalue weighted by Gasteiger charge is -2.35. The molecule has 7 heteroatoms. The number of hydrogen-bond donors (Lipinski definition) is 1. The van der Waals surface area contributed by atoms with Crippen LogP contribution in [0.1, 0.15) is 19.4 Å². The third-order valence-corrected chi connectivity index (χ3v) is 4.54. The van der Waals surface area contributed by atoms with Crippen LogP contribution in [0.15, 0.2) is 48.2 Å². The number of halogens is 2. The van der Waals surface area contributed by atoms with Crippen LogP contribution in [0.5, 0.6) is 0 Å². The number of carbonyl (C=O) groups excluding carboxylic acids is 1. The maximum absolute atomic E-state index is 13.8. The van der Waals surface area contributed by atoms with Gasteiger partial charge in [-0.05, 0) is 32.0 Å². The fourth-order valence-electron chi connectivity index (χ4n) is 3.11. The molecule has 1 fully saturated rings. The maximum Gasteiger partial charge on any atom is 0.248 e. The van der Waals surface area contributed by atoms with Crippen LogP contribution in [0.4, 0.5) is 20.3 Å². The third kappa shape index (κ3) is 5.36. The minimum absolute atomic E-state index is 0.170. The van der Waals surface area contributed by atoms with Crippen molar-refractivity contribution in [2.24, 2.45) is 0 Å². The van der Waals surface area contributed by atoms with Gasteiger partial charge in [-0.3, -0.25) is 9.69 Å². The van der Waals surface area contributed by atoms with Gasteiger partial charge in [0.15, 0.2) is 0 Å². The third-order valence-electron chi connectivity index (χ3n) is 4.54. The summed E-state index contributed by atoms with van der Waals surface area (Å²) >= 11 is 0. The summed E-state index contributed by atoms with van der Waals surface area (Å²) in [7, 11) is 0. The van der Waals surface area contributed by atoms with Gasteiger partial charge in [-0.25, -0.2) is 13.8 Å². The number of carbonyl (C=O) groups is 1. The number of pyridine rings is 1. The average Bonchev–Trinajstić information content (AvgIpc) is 2.65. The first-order valence-corrected chi connectivity index (χ1v) is 9.24. The Bertz CT molecular complexity index is 855. The second-order valence-electron chi connectivity index (χ2n) is 7.11. The Balaban J connectivity index is 1.53. The van der Waals surface area contributed by atoms with Crippen molar-refractivity contribution in [1.29, 1.82) is 0 Å². The summed E-state index contributed by atoms with van der Waals surface area (Å²) in [6.45, 7) is 7.24. The van der Waals surface area contributed by atoms with Crippen molar-refractivity contribution < 1.29 is 13.6 Å². The number of aromatic nitrogens is 1. The van der Waals surface area contributed by atoms with Gasteiger partial charge < -0.3 is 10.2 Å². The number of nitrogens with zero attached hydrogens (tertiary/aromatic N) is 3. The number of nitrogens with one attached hydrogen (secondary N) is 1. The number of anilines is 2. The molecule has 1 amide bonds. The summed E-state index contributed by atoms with van der Waals surface area (Å²) in [6.07, 6.45) is 3.18. The first kappa shape index (κ1) is 19.9. The van der Waals surface area contributed by atoms with Gasteiger partial charge in [-0.15, -0.1) is 0 Å². The molecular weight excluding hydrogens is 362 g/mol. The first-order chi connectivity index (χ1) is 13.4. The molecule has 148 valence electrons. The number of benzene rings is 1. The number of rotatable bonds is 5. The molecule has 1 N–H and O–H groups in total. The van der Waals surface area contributed by atoms with Crippen molar-refractivity contribution in [3.8, 4) is 0 Å². The fraction of sp³-hybridized carbons (Fsp3) is 0.333. The SMILES string of the molecule is CC(C)=CC(=O)Nc1ccc(N2CCN(Cc3ccc(F)cc3F)CC2)nc1. The lowest BCUT2D eigenvalue weighted by molar-refractivity contribution is -0.111. The molecule has 2 heterocycles. The lowest BCUT2D eigenvalue weighted by Crippen LogP contribution is -2.46. The minimum Gasteiger partial charge on any atom is -0.354 e. The average molecular weight is 386 g/mol. The van der Waals surface area contributed by atoms with Gasteiger partial charge in [0, 0.05) is 50.4 Å². The van der Waals surface area contributed by atoms with Gasteiger partial charge in [0.1, 0.15) is 17.5 Å². The molecule has 1 aromatic heterocycles. The van der Waals surface area contributed by atoms with Crippen LogP contribution < -0.4 is 10.2 Å². The molecule has 0 spiro atoms. The highest BCUT2D eigenvalue weighted by atomic mass is 19.1. The Hall–Kier alpha value is -2.80. The van der Waals surface area contributed by atoms with Crippen molar-refractivity contribution in [3.05, 3.63) is 65.4 Å². The van der Waals surface area contributed by atoms with Crippen molar-refractivity contribution in [2.75, 3.05) is 36.4 Å². The van der Waals surface area contributed by atoms with E-state index < -0.39 is 11.6 Å². The van der Waals surface area contributed by atoms with E-state index in [0.29, 0.717) is 17.8 Å². The van der Waals surface area contributed by atoms with Crippen LogP contribution >= 0.6 is 0 Å². The van der Waals surface area contributed by atoms with Crippen molar-refractivity contribution in [2.45, 2.75) is 20.4 Å². The highest BCUT2D eigenvalue weighted by Crippen LogP contribution is 2.18. The molecular formula is C21H24F2N4O. The van der Waals surface area contributed by atoms with Gasteiger partial charge in [0.25, 0.3) is 0 Å². The van der Waals surface area contributed by atoms with Gasteiger partial charge >= 0.3 is 0 Å². The highest BCUT2D eigenvalue weighted by molar-refractivity contribution is 5.99. The summed E-state index contributed by atoms with van der Waals surface area (Å²) in [5.41, 5.74) is 2.08. The van der Waals surface area contributed by atoms with Gasteiger partial charge in [-0.2, -0.15) is 0 Å². The molecule has 0 saturated carbocycles. The van der Waals surface area contributed by atoms with Crippen LogP contribution in [0, 0.1) is 11.6 Å². The molecule has 0 radical (unpaired) electrons. The van der Waals surface area contributed by atoms with Crippen molar-refractivity contribution >= 4 is 17.4 Å². The van der Waals surface area contributed by atoms with E-state index in [0.717, 1.165) is 43.6 Å².